The molecule has 2 aromatic rings. The number of aryl methyl sites for hydroxylation is 2. The largest absolute Gasteiger partial charge is 0.504 e. The molecule has 0 amide bonds. The molecular formula is C16H15N3O3. The van der Waals surface area contributed by atoms with Crippen molar-refractivity contribution < 1.29 is 9.84 Å². The molecule has 0 saturated carbocycles. The maximum absolute atomic E-state index is 12.2. The van der Waals surface area contributed by atoms with Crippen molar-refractivity contribution in [1.29, 1.82) is 5.26 Å². The van der Waals surface area contributed by atoms with Gasteiger partial charge in [-0.05, 0) is 49.2 Å². The van der Waals surface area contributed by atoms with Crippen molar-refractivity contribution in [3.05, 3.63) is 57.0 Å². The van der Waals surface area contributed by atoms with Gasteiger partial charge in [0.05, 0.1) is 13.3 Å². The molecular weight excluding hydrogens is 282 g/mol. The Kier molecular flexibility index (Phi) is 4.28. The minimum absolute atomic E-state index is 0.0232. The van der Waals surface area contributed by atoms with Gasteiger partial charge >= 0.3 is 0 Å². The first-order valence-corrected chi connectivity index (χ1v) is 6.52. The van der Waals surface area contributed by atoms with Crippen LogP contribution in [-0.4, -0.2) is 23.1 Å². The van der Waals surface area contributed by atoms with Crippen molar-refractivity contribution in [1.82, 2.24) is 4.68 Å². The van der Waals surface area contributed by atoms with E-state index >= 15 is 0 Å². The van der Waals surface area contributed by atoms with Crippen LogP contribution in [0.5, 0.6) is 11.5 Å². The average molecular weight is 297 g/mol. The molecule has 0 aliphatic rings. The molecule has 0 fully saturated rings. The van der Waals surface area contributed by atoms with Crippen molar-refractivity contribution >= 4 is 6.21 Å². The number of nitriles is 1. The van der Waals surface area contributed by atoms with E-state index in [9.17, 15) is 9.90 Å². The van der Waals surface area contributed by atoms with Crippen LogP contribution in [0.25, 0.3) is 0 Å². The van der Waals surface area contributed by atoms with E-state index in [-0.39, 0.29) is 11.3 Å². The number of hydrogen-bond donors (Lipinski definition) is 1. The van der Waals surface area contributed by atoms with Crippen LogP contribution in [0.4, 0.5) is 0 Å². The molecule has 1 N–H and O–H groups in total. The molecule has 0 bridgehead atoms. The van der Waals surface area contributed by atoms with Gasteiger partial charge in [0.25, 0.3) is 5.56 Å². The molecule has 22 heavy (non-hydrogen) atoms. The first kappa shape index (κ1) is 15.3. The fourth-order valence-corrected chi connectivity index (χ4v) is 2.06. The Morgan fingerprint density at radius 3 is 2.73 bits per heavy atom. The Balaban J connectivity index is 2.48. The zero-order valence-electron chi connectivity index (χ0n) is 12.5. The SMILES string of the molecule is COc1cc(/C=N\n2c(C)cc(C)c(C#N)c2=O)ccc1O. The number of ether oxygens (including phenoxy) is 1. The quantitative estimate of drug-likeness (QED) is 0.877. The molecule has 0 unspecified atom stereocenters. The summed E-state index contributed by atoms with van der Waals surface area (Å²) in [4.78, 5) is 12.2. The Bertz CT molecular complexity index is 845. The third-order valence-electron chi connectivity index (χ3n) is 3.20. The Labute approximate surface area is 127 Å². The molecule has 2 rings (SSSR count). The predicted octanol–water partition coefficient (Wildman–Crippen LogP) is 1.93. The molecule has 1 aromatic heterocycles. The number of benzene rings is 1. The lowest BCUT2D eigenvalue weighted by Gasteiger charge is -2.07. The number of methoxy groups -OCH3 is 1. The van der Waals surface area contributed by atoms with Crippen LogP contribution in [0.15, 0.2) is 34.2 Å². The third kappa shape index (κ3) is 2.83. The van der Waals surface area contributed by atoms with Crippen LogP contribution in [0.1, 0.15) is 22.4 Å². The summed E-state index contributed by atoms with van der Waals surface area (Å²) < 4.78 is 6.19. The first-order valence-electron chi connectivity index (χ1n) is 6.52. The minimum Gasteiger partial charge on any atom is -0.504 e. The molecule has 0 saturated heterocycles. The van der Waals surface area contributed by atoms with Crippen molar-refractivity contribution in [3.63, 3.8) is 0 Å². The summed E-state index contributed by atoms with van der Waals surface area (Å²) in [5.74, 6) is 0.338. The minimum atomic E-state index is -0.456. The van der Waals surface area contributed by atoms with E-state index in [1.165, 1.54) is 24.1 Å². The number of aromatic nitrogens is 1. The fourth-order valence-electron chi connectivity index (χ4n) is 2.06. The molecule has 112 valence electrons. The average Bonchev–Trinajstić information content (AvgIpc) is 2.48. The second kappa shape index (κ2) is 6.14. The van der Waals surface area contributed by atoms with Crippen LogP contribution in [0.3, 0.4) is 0 Å². The Hall–Kier alpha value is -3.07. The predicted molar refractivity (Wildman–Crippen MR) is 82.5 cm³/mol. The normalized spacial score (nSPS) is 10.6. The van der Waals surface area contributed by atoms with E-state index in [2.05, 4.69) is 5.10 Å². The Morgan fingerprint density at radius 1 is 1.36 bits per heavy atom. The lowest BCUT2D eigenvalue weighted by atomic mass is 10.1. The highest BCUT2D eigenvalue weighted by molar-refractivity contribution is 5.80. The highest BCUT2D eigenvalue weighted by atomic mass is 16.5. The molecule has 1 heterocycles. The molecule has 6 heteroatoms. The monoisotopic (exact) mass is 297 g/mol. The van der Waals surface area contributed by atoms with Crippen molar-refractivity contribution in [3.8, 4) is 17.6 Å². The van der Waals surface area contributed by atoms with Gasteiger partial charge in [0.2, 0.25) is 0 Å². The third-order valence-corrected chi connectivity index (χ3v) is 3.20. The van der Waals surface area contributed by atoms with E-state index < -0.39 is 5.56 Å². The number of pyridine rings is 1. The maximum atomic E-state index is 12.2. The van der Waals surface area contributed by atoms with Gasteiger partial charge in [-0.3, -0.25) is 4.79 Å². The molecule has 1 aromatic carbocycles. The van der Waals surface area contributed by atoms with Gasteiger partial charge < -0.3 is 9.84 Å². The second-order valence-corrected chi connectivity index (χ2v) is 4.75. The van der Waals surface area contributed by atoms with E-state index in [0.29, 0.717) is 22.6 Å². The number of hydrogen-bond acceptors (Lipinski definition) is 5. The van der Waals surface area contributed by atoms with E-state index in [1.807, 2.05) is 6.07 Å². The Morgan fingerprint density at radius 2 is 2.09 bits per heavy atom. The summed E-state index contributed by atoms with van der Waals surface area (Å²) in [5, 5.41) is 22.7. The van der Waals surface area contributed by atoms with Gasteiger partial charge in [-0.2, -0.15) is 10.4 Å². The van der Waals surface area contributed by atoms with Gasteiger partial charge in [-0.25, -0.2) is 4.68 Å². The smallest absolute Gasteiger partial charge is 0.289 e. The van der Waals surface area contributed by atoms with E-state index in [4.69, 9.17) is 10.00 Å². The van der Waals surface area contributed by atoms with Gasteiger partial charge in [0.15, 0.2) is 11.5 Å². The first-order chi connectivity index (χ1) is 10.5. The zero-order chi connectivity index (χ0) is 16.3. The zero-order valence-corrected chi connectivity index (χ0v) is 12.5. The lowest BCUT2D eigenvalue weighted by molar-refractivity contribution is 0.373. The summed E-state index contributed by atoms with van der Waals surface area (Å²) in [5.41, 5.74) is 1.53. The number of phenols is 1. The second-order valence-electron chi connectivity index (χ2n) is 4.75. The number of phenolic OH excluding ortho intramolecular Hbond substituents is 1. The van der Waals surface area contributed by atoms with E-state index in [1.54, 1.807) is 32.0 Å². The topological polar surface area (TPSA) is 87.6 Å². The standard InChI is InChI=1S/C16H15N3O3/c1-10-6-11(2)19(16(21)13(10)8-17)18-9-12-4-5-14(20)15(7-12)22-3/h4-7,9,20H,1-3H3/b18-9-. The van der Waals surface area contributed by atoms with Crippen LogP contribution < -0.4 is 10.3 Å². The highest BCUT2D eigenvalue weighted by Gasteiger charge is 2.09. The molecule has 6 nitrogen and oxygen atoms in total. The lowest BCUT2D eigenvalue weighted by Crippen LogP contribution is -2.22. The summed E-state index contributed by atoms with van der Waals surface area (Å²) in [6.07, 6.45) is 1.47. The number of rotatable bonds is 3. The summed E-state index contributed by atoms with van der Waals surface area (Å²) in [7, 11) is 1.45. The molecule has 0 aliphatic heterocycles. The van der Waals surface area contributed by atoms with Gasteiger partial charge in [-0.1, -0.05) is 0 Å². The van der Waals surface area contributed by atoms with Gasteiger partial charge in [-0.15, -0.1) is 0 Å². The number of nitrogens with zero attached hydrogens (tertiary/aromatic N) is 3. The summed E-state index contributed by atoms with van der Waals surface area (Å²) >= 11 is 0. The van der Waals surface area contributed by atoms with Crippen molar-refractivity contribution in [2.75, 3.05) is 7.11 Å². The highest BCUT2D eigenvalue weighted by Crippen LogP contribution is 2.25. The van der Waals surface area contributed by atoms with E-state index in [0.717, 1.165) is 0 Å². The van der Waals surface area contributed by atoms with Gasteiger partial charge in [0, 0.05) is 5.69 Å². The van der Waals surface area contributed by atoms with Crippen molar-refractivity contribution in [2.24, 2.45) is 5.10 Å². The fraction of sp³-hybridized carbons (Fsp3) is 0.188. The summed E-state index contributed by atoms with van der Waals surface area (Å²) in [6, 6.07) is 8.34. The molecule has 0 radical (unpaired) electrons. The molecule has 0 spiro atoms. The molecule has 0 atom stereocenters. The van der Waals surface area contributed by atoms with Crippen LogP contribution in [-0.2, 0) is 0 Å². The maximum Gasteiger partial charge on any atom is 0.289 e. The van der Waals surface area contributed by atoms with Crippen LogP contribution >= 0.6 is 0 Å². The molecule has 0 aliphatic carbocycles. The van der Waals surface area contributed by atoms with Crippen LogP contribution in [0, 0.1) is 25.2 Å². The van der Waals surface area contributed by atoms with Crippen LogP contribution in [0.2, 0.25) is 0 Å². The number of aromatic hydroxyl groups is 1. The van der Waals surface area contributed by atoms with Gasteiger partial charge in [0.1, 0.15) is 11.6 Å². The van der Waals surface area contributed by atoms with Crippen molar-refractivity contribution in [2.45, 2.75) is 13.8 Å². The summed E-state index contributed by atoms with van der Waals surface area (Å²) in [6.45, 7) is 3.45.